The van der Waals surface area contributed by atoms with Gasteiger partial charge in [-0.25, -0.2) is 9.18 Å². The number of methoxy groups -OCH3 is 1. The number of hydrogen-bond donors (Lipinski definition) is 9. The van der Waals surface area contributed by atoms with Gasteiger partial charge >= 0.3 is 12.0 Å². The van der Waals surface area contributed by atoms with E-state index in [1.54, 1.807) is 103 Å². The molecule has 0 radical (unpaired) electrons. The van der Waals surface area contributed by atoms with E-state index in [1.807, 2.05) is 76.7 Å². The second kappa shape index (κ2) is 38.3. The van der Waals surface area contributed by atoms with Crippen LogP contribution in [0.5, 0.6) is 0 Å². The fourth-order valence-corrected chi connectivity index (χ4v) is 15.7. The summed E-state index contributed by atoms with van der Waals surface area (Å²) in [5.74, 6) is -6.38. The molecule has 9 N–H and O–H groups in total. The Kier molecular flexibility index (Phi) is 31.3. The van der Waals surface area contributed by atoms with Crippen LogP contribution in [-0.2, 0) is 69.6 Å². The van der Waals surface area contributed by atoms with Crippen LogP contribution in [0.1, 0.15) is 157 Å². The third-order valence-corrected chi connectivity index (χ3v) is 22.4. The average molecular weight is 1500 g/mol. The van der Waals surface area contributed by atoms with Gasteiger partial charge in [-0.1, -0.05) is 83.1 Å². The summed E-state index contributed by atoms with van der Waals surface area (Å²) in [5, 5.41) is 71.8. The summed E-state index contributed by atoms with van der Waals surface area (Å²) >= 11 is 0. The fraction of sp³-hybridized carbons (Fsp3) is 0.646. The van der Waals surface area contributed by atoms with E-state index in [0.717, 1.165) is 21.6 Å². The summed E-state index contributed by atoms with van der Waals surface area (Å²) in [6, 6.07) is 17.0. The number of urea groups is 1. The molecular weight excluding hydrogens is 1390 g/mol. The van der Waals surface area contributed by atoms with Gasteiger partial charge in [0.15, 0.2) is 12.6 Å². The van der Waals surface area contributed by atoms with Crippen molar-refractivity contribution in [2.24, 2.45) is 23.7 Å². The van der Waals surface area contributed by atoms with Gasteiger partial charge in [0.05, 0.1) is 61.0 Å². The zero-order chi connectivity index (χ0) is 78.4. The molecule has 4 aliphatic rings. The van der Waals surface area contributed by atoms with Gasteiger partial charge in [0, 0.05) is 86.1 Å². The average Bonchev–Trinajstić information content (AvgIpc) is 1.13. The zero-order valence-corrected chi connectivity index (χ0v) is 65.7. The predicted octanol–water partition coefficient (Wildman–Crippen LogP) is 6.50. The Morgan fingerprint density at radius 1 is 0.849 bits per heavy atom. The van der Waals surface area contributed by atoms with Gasteiger partial charge in [0.2, 0.25) is 17.7 Å². The van der Waals surface area contributed by atoms with E-state index < -0.39 is 167 Å². The third-order valence-electron chi connectivity index (χ3n) is 21.5. The second-order valence-corrected chi connectivity index (χ2v) is 32.3. The maximum Gasteiger partial charge on any atom is 0.324 e. The SMILES string of the molecule is CCC1OC(=O)C(C)C(OC2CC(C)(OC)C(O)C(C)O2)C(C)C(OC2OC(C)CC(N(C)C)C2O)C(C)(O)CC(C)CN(CCCNC(=O)CNC(=O)N(CCC(C)C)C(=O)C(Cc2ccccc2)NC(=O)CNC(=O)CC2=C(C)/C(=C\c3ccc(S(C)=O)cc3)c3ccc(F)cc32)C(C)C(O)C1(C)O. The van der Waals surface area contributed by atoms with E-state index in [9.17, 15) is 62.9 Å². The van der Waals surface area contributed by atoms with Crippen LogP contribution in [0.3, 0.4) is 0 Å². The van der Waals surface area contributed by atoms with Gasteiger partial charge in [-0.2, -0.15) is 0 Å². The minimum atomic E-state index is -2.05. The number of nitrogens with zero attached hydrogens (tertiary/aromatic N) is 3. The van der Waals surface area contributed by atoms with Crippen LogP contribution in [0.4, 0.5) is 9.18 Å². The molecule has 6 amide bonds. The van der Waals surface area contributed by atoms with Crippen molar-refractivity contribution in [1.82, 2.24) is 36.0 Å². The van der Waals surface area contributed by atoms with Crippen LogP contribution >= 0.6 is 0 Å². The molecule has 27 heteroatoms. The summed E-state index contributed by atoms with van der Waals surface area (Å²) in [5.41, 5.74) is -0.188. The summed E-state index contributed by atoms with van der Waals surface area (Å²) in [6.07, 6.45) is -6.32. The number of likely N-dealkylation sites (N-methyl/N-ethyl adjacent to an activating group) is 1. The van der Waals surface area contributed by atoms with Crippen molar-refractivity contribution in [2.45, 2.75) is 243 Å². The fourth-order valence-electron chi connectivity index (χ4n) is 15.2. The highest BCUT2D eigenvalue weighted by Gasteiger charge is 2.53. The first-order valence-corrected chi connectivity index (χ1v) is 38.7. The van der Waals surface area contributed by atoms with Gasteiger partial charge in [-0.15, -0.1) is 0 Å². The molecule has 20 unspecified atom stereocenters. The van der Waals surface area contributed by atoms with Gasteiger partial charge in [-0.3, -0.25) is 38.0 Å². The Hall–Kier alpha value is -6.44. The predicted molar refractivity (Wildman–Crippen MR) is 401 cm³/mol. The second-order valence-electron chi connectivity index (χ2n) is 30.9. The van der Waals surface area contributed by atoms with Crippen LogP contribution in [-0.4, -0.2) is 243 Å². The van der Waals surface area contributed by atoms with E-state index >= 15 is 0 Å². The largest absolute Gasteiger partial charge is 0.459 e. The summed E-state index contributed by atoms with van der Waals surface area (Å²) in [4.78, 5) is 90.6. The van der Waals surface area contributed by atoms with Crippen LogP contribution in [0.2, 0.25) is 0 Å². The van der Waals surface area contributed by atoms with Crippen LogP contribution in [0.15, 0.2) is 83.3 Å². The molecule has 3 heterocycles. The Morgan fingerprint density at radius 3 is 2.15 bits per heavy atom. The minimum Gasteiger partial charge on any atom is -0.459 e. The van der Waals surface area contributed by atoms with E-state index in [2.05, 4.69) is 21.3 Å². The Bertz CT molecular complexity index is 3560. The molecule has 0 aromatic heterocycles. The van der Waals surface area contributed by atoms with E-state index in [-0.39, 0.29) is 82.8 Å². The van der Waals surface area contributed by atoms with Gasteiger partial charge in [0.1, 0.15) is 41.9 Å². The molecular formula is C79H118FN7O18S. The number of benzene rings is 3. The van der Waals surface area contributed by atoms with Crippen molar-refractivity contribution >= 4 is 63.7 Å². The van der Waals surface area contributed by atoms with Crippen molar-refractivity contribution in [3.8, 4) is 0 Å². The number of cyclic esters (lactones) is 1. The quantitative estimate of drug-likeness (QED) is 0.0306. The molecule has 7 rings (SSSR count). The molecule has 20 atom stereocenters. The number of hydrogen-bond acceptors (Lipinski definition) is 20. The number of rotatable bonds is 26. The summed E-state index contributed by atoms with van der Waals surface area (Å²) < 4.78 is 65.2. The number of amides is 6. The Labute approximate surface area is 627 Å². The van der Waals surface area contributed by atoms with Crippen LogP contribution < -0.4 is 21.3 Å². The third kappa shape index (κ3) is 22.4. The molecule has 3 saturated heterocycles. The first-order chi connectivity index (χ1) is 49.8. The Morgan fingerprint density at radius 2 is 1.52 bits per heavy atom. The minimum absolute atomic E-state index is 0.0192. The molecule has 25 nitrogen and oxygen atoms in total. The molecule has 3 aliphatic heterocycles. The molecule has 3 aromatic carbocycles. The molecule has 590 valence electrons. The van der Waals surface area contributed by atoms with E-state index in [4.69, 9.17) is 28.4 Å². The molecule has 0 spiro atoms. The first-order valence-electron chi connectivity index (χ1n) is 37.2. The number of ether oxygens (including phenoxy) is 6. The van der Waals surface area contributed by atoms with E-state index in [1.165, 1.54) is 26.2 Å². The smallest absolute Gasteiger partial charge is 0.324 e. The van der Waals surface area contributed by atoms with Gasteiger partial charge in [0.25, 0.3) is 5.91 Å². The van der Waals surface area contributed by atoms with Crippen LogP contribution in [0.25, 0.3) is 17.2 Å². The number of esters is 1. The zero-order valence-electron chi connectivity index (χ0n) is 64.9. The first kappa shape index (κ1) is 86.8. The highest BCUT2D eigenvalue weighted by molar-refractivity contribution is 7.84. The number of fused-ring (bicyclic) bond motifs is 1. The number of nitrogens with one attached hydrogen (secondary N) is 4. The van der Waals surface area contributed by atoms with Crippen molar-refractivity contribution in [2.75, 3.05) is 66.7 Å². The number of imide groups is 1. The number of aliphatic hydroxyl groups excluding tert-OH is 3. The molecule has 0 bridgehead atoms. The number of carbonyl (C=O) groups excluding carboxylic acids is 6. The molecule has 3 fully saturated rings. The van der Waals surface area contributed by atoms with Crippen molar-refractivity contribution in [3.63, 3.8) is 0 Å². The van der Waals surface area contributed by atoms with Crippen molar-refractivity contribution < 1.29 is 91.3 Å². The van der Waals surface area contributed by atoms with Gasteiger partial charge < -0.3 is 80.1 Å². The Balaban J connectivity index is 1.05. The lowest BCUT2D eigenvalue weighted by Crippen LogP contribution is -2.60. The number of aliphatic hydroxyl groups is 5. The van der Waals surface area contributed by atoms with Crippen molar-refractivity contribution in [3.05, 3.63) is 106 Å². The maximum atomic E-state index is 14.8. The standard InChI is InChI=1S/C79H118FN7O18S/c1-18-63-79(13,98)70(92)51(9)86(44-46(4)40-77(11,97)72(105-75-68(91)62(85(14)15)35-47(5)101-75)49(7)69(50(8)74(95)103-63)104-67-41-78(12,100-16)71(93)52(10)102-67)33-22-32-81-65(89)42-83-76(96)87(34-31-45(2)3)73(94)61(37-53-23-20-19-21-24-53)84-66(90)43-82-64(88)39-59-48(6)58(57-30-27-55(80)38-60(57)59)36-54-25-28-56(29-26-54)106(17)99/h19-21,23-30,36,38,45-47,49-52,61-63,67-72,75,91-93,97-98H,18,22,31-35,37,39-44H2,1-17H3,(H,81,89)(H,82,88)(H,83,96)(H,84,90)/b58-36+. The molecule has 3 aromatic rings. The lowest BCUT2D eigenvalue weighted by atomic mass is 9.77. The lowest BCUT2D eigenvalue weighted by Gasteiger charge is -2.48. The molecule has 106 heavy (non-hydrogen) atoms. The van der Waals surface area contributed by atoms with Crippen molar-refractivity contribution in [1.29, 1.82) is 0 Å². The maximum absolute atomic E-state index is 14.8. The lowest BCUT2D eigenvalue weighted by molar-refractivity contribution is -0.318. The summed E-state index contributed by atoms with van der Waals surface area (Å²) in [7, 11) is 3.99. The summed E-state index contributed by atoms with van der Waals surface area (Å²) in [6.45, 7) is 22.0. The van der Waals surface area contributed by atoms with Crippen LogP contribution in [0, 0.1) is 29.5 Å². The number of allylic oxidation sites excluding steroid dienone is 2. The monoisotopic (exact) mass is 1500 g/mol. The number of halogens is 1. The highest BCUT2D eigenvalue weighted by Crippen LogP contribution is 2.45. The molecule has 0 saturated carbocycles. The topological polar surface area (TPSA) is 334 Å². The highest BCUT2D eigenvalue weighted by atomic mass is 32.2. The van der Waals surface area contributed by atoms with Gasteiger partial charge in [-0.05, 0) is 183 Å². The van der Waals surface area contributed by atoms with E-state index in [0.29, 0.717) is 40.0 Å². The molecule has 1 aliphatic carbocycles. The normalized spacial score (nSPS) is 31.6. The number of carbonyl (C=O) groups is 6.